The van der Waals surface area contributed by atoms with Crippen molar-refractivity contribution in [1.29, 1.82) is 0 Å². The summed E-state index contributed by atoms with van der Waals surface area (Å²) in [7, 11) is 0. The van der Waals surface area contributed by atoms with Gasteiger partial charge in [-0.05, 0) is 31.0 Å². The Morgan fingerprint density at radius 2 is 2.11 bits per heavy atom. The second-order valence-corrected chi connectivity index (χ2v) is 4.64. The number of aliphatic carboxylic acids is 1. The quantitative estimate of drug-likeness (QED) is 0.728. The van der Waals surface area contributed by atoms with E-state index in [4.69, 9.17) is 5.11 Å². The van der Waals surface area contributed by atoms with Gasteiger partial charge >= 0.3 is 12.0 Å². The molecule has 1 aromatic rings. The van der Waals surface area contributed by atoms with E-state index in [-0.39, 0.29) is 12.1 Å². The van der Waals surface area contributed by atoms with Crippen LogP contribution < -0.4 is 10.6 Å². The second kappa shape index (κ2) is 5.56. The molecular formula is C14H16N2O3. The van der Waals surface area contributed by atoms with Crippen LogP contribution in [0.2, 0.25) is 0 Å². The smallest absolute Gasteiger partial charge is 0.319 e. The minimum atomic E-state index is -0.861. The Bertz CT molecular complexity index is 525. The number of carbonyl (C=O) groups excluding carboxylic acids is 1. The van der Waals surface area contributed by atoms with Crippen molar-refractivity contribution in [2.24, 2.45) is 5.92 Å². The van der Waals surface area contributed by atoms with Crippen LogP contribution in [0.1, 0.15) is 12.0 Å². The fourth-order valence-electron chi connectivity index (χ4n) is 2.05. The third kappa shape index (κ3) is 3.58. The molecule has 1 aromatic carbocycles. The number of rotatable bonds is 3. The molecule has 2 rings (SSSR count). The van der Waals surface area contributed by atoms with Crippen molar-refractivity contribution >= 4 is 17.7 Å². The topological polar surface area (TPSA) is 78.4 Å². The molecule has 0 saturated carbocycles. The summed E-state index contributed by atoms with van der Waals surface area (Å²) in [5, 5.41) is 14.3. The highest BCUT2D eigenvalue weighted by Gasteiger charge is 2.25. The van der Waals surface area contributed by atoms with Gasteiger partial charge in [-0.3, -0.25) is 4.79 Å². The summed E-state index contributed by atoms with van der Waals surface area (Å²) in [6.45, 7) is 1.94. The minimum Gasteiger partial charge on any atom is -0.481 e. The number of anilines is 1. The van der Waals surface area contributed by atoms with Crippen LogP contribution >= 0.6 is 0 Å². The van der Waals surface area contributed by atoms with Gasteiger partial charge in [0.05, 0.1) is 12.0 Å². The molecule has 0 aliphatic heterocycles. The lowest BCUT2D eigenvalue weighted by atomic mass is 10.1. The van der Waals surface area contributed by atoms with Crippen LogP contribution in [0.4, 0.5) is 10.5 Å². The fourth-order valence-corrected chi connectivity index (χ4v) is 2.05. The summed E-state index contributed by atoms with van der Waals surface area (Å²) >= 11 is 0. The standard InChI is InChI=1S/C14H16N2O3/c1-9-3-2-4-11(7-9)15-14(19)16-12-6-5-10(8-12)13(17)18/h2-7,10,12H,8H2,1H3,(H,17,18)(H2,15,16,19). The Hall–Kier alpha value is -2.30. The summed E-state index contributed by atoms with van der Waals surface area (Å²) in [4.78, 5) is 22.5. The molecule has 2 amide bonds. The first-order chi connectivity index (χ1) is 9.04. The number of benzene rings is 1. The molecule has 100 valence electrons. The average molecular weight is 260 g/mol. The number of nitrogens with one attached hydrogen (secondary N) is 2. The first-order valence-corrected chi connectivity index (χ1v) is 6.10. The number of urea groups is 1. The van der Waals surface area contributed by atoms with E-state index in [0.717, 1.165) is 5.56 Å². The molecule has 2 atom stereocenters. The lowest BCUT2D eigenvalue weighted by Crippen LogP contribution is -2.36. The molecule has 1 aliphatic rings. The number of aryl methyl sites for hydroxylation is 1. The van der Waals surface area contributed by atoms with Crippen molar-refractivity contribution in [2.45, 2.75) is 19.4 Å². The Morgan fingerprint density at radius 3 is 2.74 bits per heavy atom. The van der Waals surface area contributed by atoms with Gasteiger partial charge in [-0.15, -0.1) is 0 Å². The van der Waals surface area contributed by atoms with Gasteiger partial charge in [-0.1, -0.05) is 24.3 Å². The summed E-state index contributed by atoms with van der Waals surface area (Å²) < 4.78 is 0. The first kappa shape index (κ1) is 13.1. The highest BCUT2D eigenvalue weighted by Crippen LogP contribution is 2.18. The van der Waals surface area contributed by atoms with Crippen LogP contribution in [-0.2, 0) is 4.79 Å². The molecule has 0 saturated heterocycles. The molecule has 2 unspecified atom stereocenters. The van der Waals surface area contributed by atoms with Crippen LogP contribution in [-0.4, -0.2) is 23.1 Å². The van der Waals surface area contributed by atoms with Gasteiger partial charge in [0.1, 0.15) is 0 Å². The molecule has 0 fully saturated rings. The Balaban J connectivity index is 1.86. The van der Waals surface area contributed by atoms with Gasteiger partial charge in [-0.25, -0.2) is 4.79 Å². The zero-order valence-corrected chi connectivity index (χ0v) is 10.6. The predicted molar refractivity (Wildman–Crippen MR) is 72.0 cm³/mol. The highest BCUT2D eigenvalue weighted by atomic mass is 16.4. The van der Waals surface area contributed by atoms with E-state index in [9.17, 15) is 9.59 Å². The van der Waals surface area contributed by atoms with E-state index in [0.29, 0.717) is 12.1 Å². The number of hydrogen-bond acceptors (Lipinski definition) is 2. The van der Waals surface area contributed by atoms with E-state index >= 15 is 0 Å². The van der Waals surface area contributed by atoms with Crippen LogP contribution in [0.15, 0.2) is 36.4 Å². The lowest BCUT2D eigenvalue weighted by Gasteiger charge is -2.13. The van der Waals surface area contributed by atoms with Crippen molar-refractivity contribution in [2.75, 3.05) is 5.32 Å². The zero-order valence-electron chi connectivity index (χ0n) is 10.6. The molecule has 0 heterocycles. The number of carboxylic acids is 1. The Morgan fingerprint density at radius 1 is 1.32 bits per heavy atom. The second-order valence-electron chi connectivity index (χ2n) is 4.64. The summed E-state index contributed by atoms with van der Waals surface area (Å²) in [5.74, 6) is -1.37. The Labute approximate surface area is 111 Å². The van der Waals surface area contributed by atoms with Gasteiger partial charge < -0.3 is 15.7 Å². The van der Waals surface area contributed by atoms with E-state index in [2.05, 4.69) is 10.6 Å². The third-order valence-electron chi connectivity index (χ3n) is 2.99. The van der Waals surface area contributed by atoms with E-state index < -0.39 is 11.9 Å². The lowest BCUT2D eigenvalue weighted by molar-refractivity contribution is -0.140. The maximum Gasteiger partial charge on any atom is 0.319 e. The maximum atomic E-state index is 11.8. The number of carboxylic acid groups (broad SMARTS) is 1. The SMILES string of the molecule is Cc1cccc(NC(=O)NC2C=CC(C(=O)O)C2)c1. The summed E-state index contributed by atoms with van der Waals surface area (Å²) in [5.41, 5.74) is 1.78. The van der Waals surface area contributed by atoms with E-state index in [1.165, 1.54) is 0 Å². The number of amides is 2. The van der Waals surface area contributed by atoms with Crippen LogP contribution in [0, 0.1) is 12.8 Å². The fraction of sp³-hybridized carbons (Fsp3) is 0.286. The maximum absolute atomic E-state index is 11.8. The van der Waals surface area contributed by atoms with Crippen LogP contribution in [0.5, 0.6) is 0 Å². The molecule has 0 spiro atoms. The van der Waals surface area contributed by atoms with Gasteiger partial charge in [0.2, 0.25) is 0 Å². The van der Waals surface area contributed by atoms with Crippen molar-refractivity contribution in [3.05, 3.63) is 42.0 Å². The van der Waals surface area contributed by atoms with Crippen molar-refractivity contribution in [3.8, 4) is 0 Å². The van der Waals surface area contributed by atoms with Gasteiger partial charge in [0.25, 0.3) is 0 Å². The predicted octanol–water partition coefficient (Wildman–Crippen LogP) is 2.15. The molecule has 1 aliphatic carbocycles. The molecule has 5 nitrogen and oxygen atoms in total. The van der Waals surface area contributed by atoms with Gasteiger partial charge in [0.15, 0.2) is 0 Å². The Kier molecular flexibility index (Phi) is 3.85. The number of hydrogen-bond donors (Lipinski definition) is 3. The average Bonchev–Trinajstić information content (AvgIpc) is 2.77. The van der Waals surface area contributed by atoms with Crippen LogP contribution in [0.25, 0.3) is 0 Å². The molecule has 0 radical (unpaired) electrons. The van der Waals surface area contributed by atoms with Crippen molar-refractivity contribution in [3.63, 3.8) is 0 Å². The monoisotopic (exact) mass is 260 g/mol. The minimum absolute atomic E-state index is 0.231. The zero-order chi connectivity index (χ0) is 13.8. The van der Waals surface area contributed by atoms with Gasteiger partial charge in [0, 0.05) is 5.69 Å². The molecular weight excluding hydrogens is 244 g/mol. The van der Waals surface area contributed by atoms with E-state index in [1.807, 2.05) is 25.1 Å². The molecule has 19 heavy (non-hydrogen) atoms. The van der Waals surface area contributed by atoms with Crippen LogP contribution in [0.3, 0.4) is 0 Å². The van der Waals surface area contributed by atoms with Crippen molar-refractivity contribution in [1.82, 2.24) is 5.32 Å². The molecule has 5 heteroatoms. The molecule has 0 bridgehead atoms. The third-order valence-corrected chi connectivity index (χ3v) is 2.99. The molecule has 0 aromatic heterocycles. The summed E-state index contributed by atoms with van der Waals surface area (Å²) in [6.07, 6.45) is 3.73. The molecule has 3 N–H and O–H groups in total. The normalized spacial score (nSPS) is 21.1. The van der Waals surface area contributed by atoms with Gasteiger partial charge in [-0.2, -0.15) is 0 Å². The highest BCUT2D eigenvalue weighted by molar-refractivity contribution is 5.89. The van der Waals surface area contributed by atoms with E-state index in [1.54, 1.807) is 18.2 Å². The summed E-state index contributed by atoms with van der Waals surface area (Å²) in [6, 6.07) is 6.92. The largest absolute Gasteiger partial charge is 0.481 e. The first-order valence-electron chi connectivity index (χ1n) is 6.10. The van der Waals surface area contributed by atoms with Crippen molar-refractivity contribution < 1.29 is 14.7 Å². The number of carbonyl (C=O) groups is 2.